The predicted molar refractivity (Wildman–Crippen MR) is 133 cm³/mol. The van der Waals surface area contributed by atoms with Gasteiger partial charge in [-0.05, 0) is 38.7 Å². The molecule has 10 nitrogen and oxygen atoms in total. The molecule has 4 heterocycles. The molecule has 0 amide bonds. The number of anilines is 2. The highest BCUT2D eigenvalue weighted by molar-refractivity contribution is 7.21. The van der Waals surface area contributed by atoms with Crippen LogP contribution in [-0.4, -0.2) is 79.4 Å². The van der Waals surface area contributed by atoms with Crippen molar-refractivity contribution in [2.45, 2.75) is 62.8 Å². The van der Waals surface area contributed by atoms with Crippen LogP contribution in [0.1, 0.15) is 43.0 Å². The van der Waals surface area contributed by atoms with Gasteiger partial charge in [0.1, 0.15) is 22.4 Å². The van der Waals surface area contributed by atoms with E-state index in [0.29, 0.717) is 37.3 Å². The summed E-state index contributed by atoms with van der Waals surface area (Å²) in [6.07, 6.45) is 3.44. The molecule has 3 aliphatic rings. The first-order valence-corrected chi connectivity index (χ1v) is 13.1. The number of aliphatic hydroxyl groups is 3. The number of pyridine rings is 1. The zero-order chi connectivity index (χ0) is 24.1. The van der Waals surface area contributed by atoms with E-state index < -0.39 is 24.2 Å². The lowest BCUT2D eigenvalue weighted by atomic mass is 10.1. The number of aromatic nitrogens is 4. The minimum absolute atomic E-state index is 0.139. The van der Waals surface area contributed by atoms with Crippen LogP contribution in [-0.2, 0) is 4.74 Å². The molecule has 0 bridgehead atoms. The molecule has 6 rings (SSSR count). The second-order valence-corrected chi connectivity index (χ2v) is 10.8. The molecule has 5 atom stereocenters. The van der Waals surface area contributed by atoms with Gasteiger partial charge in [0.15, 0.2) is 0 Å². The number of rotatable bonds is 7. The summed E-state index contributed by atoms with van der Waals surface area (Å²) in [6, 6.07) is 1.67. The van der Waals surface area contributed by atoms with E-state index in [4.69, 9.17) is 19.7 Å². The SMILES string of the molecule is Cc1nc(N[C@H]2CCOC2)nc(NC2C[C@H](CO)[C@@H](O)[C@H]2O)c1-c1nc2c(C3CC3)nccc2s1. The first-order chi connectivity index (χ1) is 17.0. The monoisotopic (exact) mass is 498 g/mol. The van der Waals surface area contributed by atoms with E-state index in [2.05, 4.69) is 15.6 Å². The van der Waals surface area contributed by atoms with Crippen LogP contribution in [0.15, 0.2) is 12.3 Å². The summed E-state index contributed by atoms with van der Waals surface area (Å²) in [6.45, 7) is 3.06. The third-order valence-electron chi connectivity index (χ3n) is 7.22. The molecule has 11 heteroatoms. The lowest BCUT2D eigenvalue weighted by Crippen LogP contribution is -2.36. The summed E-state index contributed by atoms with van der Waals surface area (Å²) in [5.74, 6) is 1.12. The van der Waals surface area contributed by atoms with E-state index >= 15 is 0 Å². The number of ether oxygens (including phenoxy) is 1. The Morgan fingerprint density at radius 3 is 2.69 bits per heavy atom. The summed E-state index contributed by atoms with van der Waals surface area (Å²) in [4.78, 5) is 19.1. The van der Waals surface area contributed by atoms with E-state index in [1.54, 1.807) is 11.3 Å². The largest absolute Gasteiger partial charge is 0.396 e. The summed E-state index contributed by atoms with van der Waals surface area (Å²) < 4.78 is 6.55. The molecule has 2 saturated carbocycles. The maximum Gasteiger partial charge on any atom is 0.225 e. The van der Waals surface area contributed by atoms with E-state index in [1.165, 1.54) is 0 Å². The maximum absolute atomic E-state index is 10.6. The smallest absolute Gasteiger partial charge is 0.225 e. The molecule has 0 radical (unpaired) electrons. The van der Waals surface area contributed by atoms with Crippen molar-refractivity contribution in [2.24, 2.45) is 5.92 Å². The molecule has 1 saturated heterocycles. The quantitative estimate of drug-likeness (QED) is 0.328. The van der Waals surface area contributed by atoms with Crippen LogP contribution in [0.5, 0.6) is 0 Å². The van der Waals surface area contributed by atoms with Crippen LogP contribution in [0.4, 0.5) is 11.8 Å². The van der Waals surface area contributed by atoms with Crippen molar-refractivity contribution in [1.82, 2.24) is 19.9 Å². The van der Waals surface area contributed by atoms with E-state index in [0.717, 1.165) is 51.4 Å². The van der Waals surface area contributed by atoms with Crippen molar-refractivity contribution >= 4 is 33.3 Å². The molecule has 3 fully saturated rings. The number of nitrogens with one attached hydrogen (secondary N) is 2. The average Bonchev–Trinajstić information content (AvgIpc) is 3.27. The second-order valence-electron chi connectivity index (χ2n) is 9.81. The number of aliphatic hydroxyl groups excluding tert-OH is 3. The van der Waals surface area contributed by atoms with Crippen LogP contribution >= 0.6 is 11.3 Å². The van der Waals surface area contributed by atoms with E-state index in [9.17, 15) is 15.3 Å². The fourth-order valence-electron chi connectivity index (χ4n) is 5.09. The van der Waals surface area contributed by atoms with Gasteiger partial charge < -0.3 is 30.7 Å². The summed E-state index contributed by atoms with van der Waals surface area (Å²) in [5.41, 5.74) is 3.52. The summed E-state index contributed by atoms with van der Waals surface area (Å²) >= 11 is 1.58. The maximum atomic E-state index is 10.6. The van der Waals surface area contributed by atoms with Gasteiger partial charge in [-0.15, -0.1) is 11.3 Å². The molecule has 3 aromatic rings. The zero-order valence-corrected chi connectivity index (χ0v) is 20.3. The molecule has 1 aliphatic heterocycles. The number of hydrogen-bond acceptors (Lipinski definition) is 11. The third-order valence-corrected chi connectivity index (χ3v) is 8.26. The molecule has 2 aliphatic carbocycles. The Morgan fingerprint density at radius 2 is 1.97 bits per heavy atom. The molecule has 0 spiro atoms. The van der Waals surface area contributed by atoms with Crippen LogP contribution in [0.25, 0.3) is 20.8 Å². The Labute approximate surface area is 206 Å². The fourth-order valence-corrected chi connectivity index (χ4v) is 6.16. The van der Waals surface area contributed by atoms with Gasteiger partial charge in [-0.2, -0.15) is 4.98 Å². The lowest BCUT2D eigenvalue weighted by Gasteiger charge is -2.22. The van der Waals surface area contributed by atoms with Crippen LogP contribution in [0.2, 0.25) is 0 Å². The van der Waals surface area contributed by atoms with Crippen molar-refractivity contribution in [3.8, 4) is 10.6 Å². The van der Waals surface area contributed by atoms with Crippen molar-refractivity contribution in [3.63, 3.8) is 0 Å². The van der Waals surface area contributed by atoms with Crippen molar-refractivity contribution in [3.05, 3.63) is 23.7 Å². The highest BCUT2D eigenvalue weighted by Crippen LogP contribution is 2.44. The van der Waals surface area contributed by atoms with Crippen LogP contribution in [0.3, 0.4) is 0 Å². The molecule has 1 unspecified atom stereocenters. The normalized spacial score (nSPS) is 28.6. The summed E-state index contributed by atoms with van der Waals surface area (Å²) in [7, 11) is 0. The molecular formula is C24H30N6O4S. The first-order valence-electron chi connectivity index (χ1n) is 12.2. The minimum Gasteiger partial charge on any atom is -0.396 e. The van der Waals surface area contributed by atoms with Gasteiger partial charge in [0.05, 0.1) is 46.4 Å². The lowest BCUT2D eigenvalue weighted by molar-refractivity contribution is 0.00446. The van der Waals surface area contributed by atoms with Crippen molar-refractivity contribution in [1.29, 1.82) is 0 Å². The van der Waals surface area contributed by atoms with Crippen LogP contribution < -0.4 is 10.6 Å². The number of hydrogen-bond donors (Lipinski definition) is 5. The Hall–Kier alpha value is -2.44. The van der Waals surface area contributed by atoms with E-state index in [1.807, 2.05) is 19.2 Å². The van der Waals surface area contributed by atoms with Gasteiger partial charge in [0, 0.05) is 31.2 Å². The second kappa shape index (κ2) is 9.21. The van der Waals surface area contributed by atoms with Crippen LogP contribution in [0, 0.1) is 12.8 Å². The Kier molecular flexibility index (Phi) is 6.05. The number of thiazole rings is 1. The fraction of sp³-hybridized carbons (Fsp3) is 0.583. The topological polar surface area (TPSA) is 146 Å². The van der Waals surface area contributed by atoms with Gasteiger partial charge in [0.2, 0.25) is 5.95 Å². The Morgan fingerprint density at radius 1 is 1.11 bits per heavy atom. The average molecular weight is 499 g/mol. The minimum atomic E-state index is -1.02. The highest BCUT2D eigenvalue weighted by atomic mass is 32.1. The van der Waals surface area contributed by atoms with E-state index in [-0.39, 0.29) is 12.6 Å². The van der Waals surface area contributed by atoms with Gasteiger partial charge in [-0.3, -0.25) is 4.98 Å². The Bertz CT molecular complexity index is 1230. The number of fused-ring (bicyclic) bond motifs is 1. The molecule has 5 N–H and O–H groups in total. The molecule has 35 heavy (non-hydrogen) atoms. The van der Waals surface area contributed by atoms with Gasteiger partial charge >= 0.3 is 0 Å². The molecule has 3 aromatic heterocycles. The standard InChI is InChI=1S/C24H30N6O4S/c1-11-17(23-29-19-16(35-23)4-6-25-18(19)12-2-3-12)22(28-15-8-13(9-31)20(32)21(15)33)30-24(26-11)27-14-5-7-34-10-14/h4,6,12-15,20-21,31-33H,2-3,5,7-10H2,1H3,(H2,26,27,28,30)/t13-,14+,15?,20-,21+/m1/s1. The van der Waals surface area contributed by atoms with Crippen molar-refractivity contribution in [2.75, 3.05) is 30.5 Å². The number of nitrogens with zero attached hydrogens (tertiary/aromatic N) is 4. The predicted octanol–water partition coefficient (Wildman–Crippen LogP) is 2.05. The third kappa shape index (κ3) is 4.36. The molecule has 186 valence electrons. The van der Waals surface area contributed by atoms with Crippen molar-refractivity contribution < 1.29 is 20.1 Å². The first kappa shape index (κ1) is 23.0. The van der Waals surface area contributed by atoms with Gasteiger partial charge in [0.25, 0.3) is 0 Å². The van der Waals surface area contributed by atoms with Gasteiger partial charge in [-0.1, -0.05) is 0 Å². The zero-order valence-electron chi connectivity index (χ0n) is 19.5. The highest BCUT2D eigenvalue weighted by Gasteiger charge is 2.41. The molecular weight excluding hydrogens is 468 g/mol. The number of aryl methyl sites for hydroxylation is 1. The summed E-state index contributed by atoms with van der Waals surface area (Å²) in [5, 5.41) is 38.1. The molecule has 0 aromatic carbocycles. The van der Waals surface area contributed by atoms with Gasteiger partial charge in [-0.25, -0.2) is 9.97 Å². The Balaban J connectivity index is 1.40.